The minimum atomic E-state index is -0.872. The van der Waals surface area contributed by atoms with Crippen LogP contribution in [0, 0.1) is 0 Å². The fourth-order valence-corrected chi connectivity index (χ4v) is 2.48. The topological polar surface area (TPSA) is 60.9 Å². The first-order chi connectivity index (χ1) is 8.15. The van der Waals surface area contributed by atoms with E-state index in [1.54, 1.807) is 0 Å². The van der Waals surface area contributed by atoms with Gasteiger partial charge in [0.25, 0.3) is 0 Å². The van der Waals surface area contributed by atoms with Gasteiger partial charge in [-0.15, -0.1) is 0 Å². The van der Waals surface area contributed by atoms with Gasteiger partial charge in [-0.2, -0.15) is 0 Å². The van der Waals surface area contributed by atoms with Crippen LogP contribution in [0.3, 0.4) is 0 Å². The molecule has 17 heavy (non-hydrogen) atoms. The third-order valence-electron chi connectivity index (χ3n) is 3.48. The van der Waals surface area contributed by atoms with Crippen LogP contribution in [0.1, 0.15) is 39.0 Å². The standard InChI is InChI=1S/C12H20N2O3/c1-2-7-13(9-5-6-9)12(17)14-8-3-4-10(14)11(15)16/h9-10H,2-8H2,1H3,(H,15,16)/t10-/m1/s1. The molecule has 2 rings (SSSR count). The Labute approximate surface area is 101 Å². The summed E-state index contributed by atoms with van der Waals surface area (Å²) < 4.78 is 0. The summed E-state index contributed by atoms with van der Waals surface area (Å²) in [5, 5.41) is 9.09. The van der Waals surface area contributed by atoms with Gasteiger partial charge in [-0.1, -0.05) is 6.92 Å². The van der Waals surface area contributed by atoms with Crippen molar-refractivity contribution in [3.63, 3.8) is 0 Å². The number of hydrogen-bond donors (Lipinski definition) is 1. The largest absolute Gasteiger partial charge is 0.480 e. The van der Waals surface area contributed by atoms with Gasteiger partial charge in [-0.05, 0) is 32.1 Å². The molecule has 0 spiro atoms. The summed E-state index contributed by atoms with van der Waals surface area (Å²) in [6.07, 6.45) is 4.45. The first kappa shape index (κ1) is 12.2. The molecule has 2 fully saturated rings. The maximum atomic E-state index is 12.3. The van der Waals surface area contributed by atoms with Crippen LogP contribution in [-0.4, -0.2) is 52.1 Å². The fraction of sp³-hybridized carbons (Fsp3) is 0.833. The monoisotopic (exact) mass is 240 g/mol. The Kier molecular flexibility index (Phi) is 3.54. The van der Waals surface area contributed by atoms with Gasteiger partial charge in [-0.3, -0.25) is 0 Å². The van der Waals surface area contributed by atoms with Crippen LogP contribution in [0.5, 0.6) is 0 Å². The average molecular weight is 240 g/mol. The van der Waals surface area contributed by atoms with Gasteiger partial charge in [0, 0.05) is 19.1 Å². The Hall–Kier alpha value is -1.26. The lowest BCUT2D eigenvalue weighted by Gasteiger charge is -2.30. The number of aliphatic carboxylic acids is 1. The van der Waals surface area contributed by atoms with Gasteiger partial charge >= 0.3 is 12.0 Å². The first-order valence-electron chi connectivity index (χ1n) is 6.45. The van der Waals surface area contributed by atoms with Gasteiger partial charge < -0.3 is 14.9 Å². The molecule has 1 saturated carbocycles. The van der Waals surface area contributed by atoms with Crippen molar-refractivity contribution in [2.24, 2.45) is 0 Å². The van der Waals surface area contributed by atoms with E-state index < -0.39 is 12.0 Å². The van der Waals surface area contributed by atoms with Crippen LogP contribution in [0.15, 0.2) is 0 Å². The van der Waals surface area contributed by atoms with Crippen LogP contribution >= 0.6 is 0 Å². The second-order valence-corrected chi connectivity index (χ2v) is 4.90. The molecule has 0 bridgehead atoms. The molecule has 0 unspecified atom stereocenters. The molecular formula is C12H20N2O3. The van der Waals surface area contributed by atoms with Gasteiger partial charge in [0.15, 0.2) is 0 Å². The molecule has 1 aliphatic carbocycles. The van der Waals surface area contributed by atoms with E-state index in [0.29, 0.717) is 19.0 Å². The van der Waals surface area contributed by atoms with Gasteiger partial charge in [0.1, 0.15) is 6.04 Å². The number of rotatable bonds is 4. The van der Waals surface area contributed by atoms with E-state index in [4.69, 9.17) is 5.11 Å². The van der Waals surface area contributed by atoms with E-state index in [1.165, 1.54) is 4.90 Å². The Balaban J connectivity index is 2.03. The molecule has 1 aliphatic heterocycles. The van der Waals surface area contributed by atoms with E-state index in [9.17, 15) is 9.59 Å². The van der Waals surface area contributed by atoms with Crippen LogP contribution in [0.4, 0.5) is 4.79 Å². The lowest BCUT2D eigenvalue weighted by atomic mass is 10.2. The maximum absolute atomic E-state index is 12.3. The third kappa shape index (κ3) is 2.53. The van der Waals surface area contributed by atoms with E-state index >= 15 is 0 Å². The number of urea groups is 1. The molecule has 1 saturated heterocycles. The van der Waals surface area contributed by atoms with Crippen molar-refractivity contribution in [2.75, 3.05) is 13.1 Å². The predicted molar refractivity (Wildman–Crippen MR) is 62.8 cm³/mol. The summed E-state index contributed by atoms with van der Waals surface area (Å²) in [4.78, 5) is 26.8. The Bertz CT molecular complexity index is 315. The highest BCUT2D eigenvalue weighted by molar-refractivity contribution is 5.83. The molecule has 5 heteroatoms. The van der Waals surface area contributed by atoms with E-state index in [-0.39, 0.29) is 6.03 Å². The highest BCUT2D eigenvalue weighted by Gasteiger charge is 2.40. The van der Waals surface area contributed by atoms with Crippen molar-refractivity contribution in [2.45, 2.75) is 51.1 Å². The van der Waals surface area contributed by atoms with Crippen LogP contribution in [0.25, 0.3) is 0 Å². The summed E-state index contributed by atoms with van der Waals surface area (Å²) in [7, 11) is 0. The molecule has 2 amide bonds. The summed E-state index contributed by atoms with van der Waals surface area (Å²) in [5.41, 5.74) is 0. The second-order valence-electron chi connectivity index (χ2n) is 4.90. The molecule has 0 aromatic rings. The number of carbonyl (C=O) groups excluding carboxylic acids is 1. The lowest BCUT2D eigenvalue weighted by molar-refractivity contribution is -0.141. The second kappa shape index (κ2) is 4.94. The number of carboxylic acids is 1. The minimum absolute atomic E-state index is 0.0701. The minimum Gasteiger partial charge on any atom is -0.480 e. The van der Waals surface area contributed by atoms with Crippen molar-refractivity contribution in [3.05, 3.63) is 0 Å². The molecule has 96 valence electrons. The molecule has 0 aromatic carbocycles. The van der Waals surface area contributed by atoms with Gasteiger partial charge in [-0.25, -0.2) is 9.59 Å². The van der Waals surface area contributed by atoms with E-state index in [1.807, 2.05) is 11.8 Å². The normalized spacial score (nSPS) is 23.8. The zero-order valence-electron chi connectivity index (χ0n) is 10.3. The van der Waals surface area contributed by atoms with Crippen LogP contribution in [0.2, 0.25) is 0 Å². The summed E-state index contributed by atoms with van der Waals surface area (Å²) in [6.45, 7) is 3.37. The highest BCUT2D eigenvalue weighted by atomic mass is 16.4. The van der Waals surface area contributed by atoms with Crippen LogP contribution in [-0.2, 0) is 4.79 Å². The number of carbonyl (C=O) groups is 2. The quantitative estimate of drug-likeness (QED) is 0.810. The first-order valence-corrected chi connectivity index (χ1v) is 6.45. The van der Waals surface area contributed by atoms with Crippen molar-refractivity contribution < 1.29 is 14.7 Å². The van der Waals surface area contributed by atoms with Gasteiger partial charge in [0.05, 0.1) is 0 Å². The Morgan fingerprint density at radius 2 is 2.06 bits per heavy atom. The smallest absolute Gasteiger partial charge is 0.326 e. The molecule has 1 atom stereocenters. The summed E-state index contributed by atoms with van der Waals surface area (Å²) in [5.74, 6) is -0.872. The summed E-state index contributed by atoms with van der Waals surface area (Å²) >= 11 is 0. The maximum Gasteiger partial charge on any atom is 0.326 e. The number of hydrogen-bond acceptors (Lipinski definition) is 2. The van der Waals surface area contributed by atoms with Crippen LogP contribution < -0.4 is 0 Å². The van der Waals surface area contributed by atoms with Crippen molar-refractivity contribution in [3.8, 4) is 0 Å². The number of likely N-dealkylation sites (tertiary alicyclic amines) is 1. The van der Waals surface area contributed by atoms with Crippen molar-refractivity contribution >= 4 is 12.0 Å². The SMILES string of the molecule is CCCN(C(=O)N1CCC[C@@H]1C(=O)O)C1CC1. The van der Waals surface area contributed by atoms with Gasteiger partial charge in [0.2, 0.25) is 0 Å². The third-order valence-corrected chi connectivity index (χ3v) is 3.48. The Morgan fingerprint density at radius 1 is 1.35 bits per heavy atom. The van der Waals surface area contributed by atoms with E-state index in [2.05, 4.69) is 0 Å². The zero-order chi connectivity index (χ0) is 12.4. The molecule has 1 heterocycles. The average Bonchev–Trinajstić information content (AvgIpc) is 3.00. The number of nitrogens with zero attached hydrogens (tertiary/aromatic N) is 2. The Morgan fingerprint density at radius 3 is 2.59 bits per heavy atom. The number of amides is 2. The molecular weight excluding hydrogens is 220 g/mol. The van der Waals surface area contributed by atoms with E-state index in [0.717, 1.165) is 32.2 Å². The number of carboxylic acid groups (broad SMARTS) is 1. The van der Waals surface area contributed by atoms with Crippen molar-refractivity contribution in [1.82, 2.24) is 9.80 Å². The molecule has 2 aliphatic rings. The molecule has 1 N–H and O–H groups in total. The fourth-order valence-electron chi connectivity index (χ4n) is 2.48. The predicted octanol–water partition coefficient (Wildman–Crippen LogP) is 1.53. The lowest BCUT2D eigenvalue weighted by Crippen LogP contribution is -2.49. The van der Waals surface area contributed by atoms with Crippen molar-refractivity contribution in [1.29, 1.82) is 0 Å². The molecule has 0 aromatic heterocycles. The zero-order valence-corrected chi connectivity index (χ0v) is 10.3. The molecule has 0 radical (unpaired) electrons. The highest BCUT2D eigenvalue weighted by Crippen LogP contribution is 2.29. The summed E-state index contributed by atoms with van der Waals surface area (Å²) in [6, 6.07) is -0.322. The molecule has 5 nitrogen and oxygen atoms in total.